The van der Waals surface area contributed by atoms with E-state index in [0.29, 0.717) is 17.9 Å². The normalized spacial score (nSPS) is 16.3. The van der Waals surface area contributed by atoms with Crippen LogP contribution in [0.15, 0.2) is 4.99 Å². The van der Waals surface area contributed by atoms with E-state index in [1.807, 2.05) is 0 Å². The van der Waals surface area contributed by atoms with Gasteiger partial charge in [0.2, 0.25) is 0 Å². The third-order valence-electron chi connectivity index (χ3n) is 4.54. The van der Waals surface area contributed by atoms with Gasteiger partial charge < -0.3 is 15.7 Å². The second-order valence-corrected chi connectivity index (χ2v) is 7.72. The van der Waals surface area contributed by atoms with E-state index in [4.69, 9.17) is 4.99 Å². The summed E-state index contributed by atoms with van der Waals surface area (Å²) in [7, 11) is 0. The fraction of sp³-hybridized carbons (Fsp3) is 0.947. The maximum absolute atomic E-state index is 9.25. The van der Waals surface area contributed by atoms with Crippen molar-refractivity contribution in [2.24, 2.45) is 16.8 Å². The first-order valence-electron chi connectivity index (χ1n) is 9.86. The van der Waals surface area contributed by atoms with E-state index in [-0.39, 0.29) is 30.6 Å². The van der Waals surface area contributed by atoms with Gasteiger partial charge >= 0.3 is 0 Å². The lowest BCUT2D eigenvalue weighted by Crippen LogP contribution is -2.44. The van der Waals surface area contributed by atoms with E-state index in [1.54, 1.807) is 0 Å². The van der Waals surface area contributed by atoms with Crippen molar-refractivity contribution in [3.63, 3.8) is 0 Å². The van der Waals surface area contributed by atoms with E-state index in [9.17, 15) is 5.11 Å². The molecule has 0 bridgehead atoms. The average molecular weight is 468 g/mol. The highest BCUT2D eigenvalue weighted by Gasteiger charge is 2.30. The molecule has 1 unspecified atom stereocenters. The van der Waals surface area contributed by atoms with E-state index in [2.05, 4.69) is 50.2 Å². The van der Waals surface area contributed by atoms with E-state index >= 15 is 0 Å². The summed E-state index contributed by atoms with van der Waals surface area (Å²) >= 11 is 0. The number of hydrogen-bond acceptors (Lipinski definition) is 3. The predicted octanol–water partition coefficient (Wildman–Crippen LogP) is 3.08. The second-order valence-electron chi connectivity index (χ2n) is 7.72. The molecule has 6 heteroatoms. The molecule has 0 aromatic heterocycles. The molecule has 3 N–H and O–H groups in total. The number of rotatable bonds is 12. The first kappa shape index (κ1) is 24.9. The van der Waals surface area contributed by atoms with Gasteiger partial charge in [-0.1, -0.05) is 13.8 Å². The molecule has 0 radical (unpaired) electrons. The van der Waals surface area contributed by atoms with Crippen LogP contribution in [0, 0.1) is 11.8 Å². The number of aliphatic hydroxyl groups is 1. The van der Waals surface area contributed by atoms with E-state index < -0.39 is 0 Å². The van der Waals surface area contributed by atoms with Crippen LogP contribution >= 0.6 is 24.0 Å². The summed E-state index contributed by atoms with van der Waals surface area (Å²) in [6.45, 7) is 15.0. The highest BCUT2D eigenvalue weighted by molar-refractivity contribution is 14.0. The van der Waals surface area contributed by atoms with Crippen LogP contribution in [0.25, 0.3) is 0 Å². The minimum absolute atomic E-state index is 0. The number of nitrogens with one attached hydrogen (secondary N) is 2. The Labute approximate surface area is 172 Å². The summed E-state index contributed by atoms with van der Waals surface area (Å²) in [5, 5.41) is 16.1. The van der Waals surface area contributed by atoms with Crippen LogP contribution in [0.2, 0.25) is 0 Å². The summed E-state index contributed by atoms with van der Waals surface area (Å²) in [4.78, 5) is 7.34. The Balaban J connectivity index is 0.00000576. The van der Waals surface area contributed by atoms with Gasteiger partial charge in [-0.15, -0.1) is 24.0 Å². The second kappa shape index (κ2) is 14.0. The predicted molar refractivity (Wildman–Crippen MR) is 119 cm³/mol. The summed E-state index contributed by atoms with van der Waals surface area (Å²) < 4.78 is 0. The topological polar surface area (TPSA) is 59.9 Å². The first-order valence-corrected chi connectivity index (χ1v) is 9.86. The van der Waals surface area contributed by atoms with Crippen LogP contribution in [0.4, 0.5) is 0 Å². The molecular weight excluding hydrogens is 427 g/mol. The number of halogens is 1. The Bertz CT molecular complexity index is 357. The third-order valence-corrected chi connectivity index (χ3v) is 4.54. The van der Waals surface area contributed by atoms with Crippen LogP contribution < -0.4 is 10.6 Å². The van der Waals surface area contributed by atoms with E-state index in [0.717, 1.165) is 51.0 Å². The molecule has 0 spiro atoms. The molecule has 1 aliphatic rings. The molecule has 0 aromatic rings. The number of aliphatic hydroxyl groups excluding tert-OH is 1. The van der Waals surface area contributed by atoms with Crippen LogP contribution in [0.1, 0.15) is 60.3 Å². The highest BCUT2D eigenvalue weighted by Crippen LogP contribution is 2.27. The van der Waals surface area contributed by atoms with Crippen molar-refractivity contribution in [3.8, 4) is 0 Å². The smallest absolute Gasteiger partial charge is 0.191 e. The molecule has 1 rings (SSSR count). The average Bonchev–Trinajstić information content (AvgIpc) is 3.32. The standard InChI is InChI=1S/C19H40N4O.HI/c1-6-20-19(22-14-17(9-12-24)13-15(2)3)21-10-11-23(16(4)5)18-7-8-18;/h15-18,24H,6-14H2,1-5H3,(H2,20,21,22);1H. The Hall–Kier alpha value is -0.0800. The lowest BCUT2D eigenvalue weighted by Gasteiger charge is -2.26. The van der Waals surface area contributed by atoms with Crippen LogP contribution in [0.5, 0.6) is 0 Å². The van der Waals surface area contributed by atoms with Crippen molar-refractivity contribution in [3.05, 3.63) is 0 Å². The summed E-state index contributed by atoms with van der Waals surface area (Å²) in [5.41, 5.74) is 0. The van der Waals surface area contributed by atoms with Crippen molar-refractivity contribution >= 4 is 29.9 Å². The fourth-order valence-corrected chi connectivity index (χ4v) is 3.27. The number of aliphatic imine (C=N–C) groups is 1. The molecule has 0 saturated heterocycles. The number of nitrogens with zero attached hydrogens (tertiary/aromatic N) is 2. The minimum atomic E-state index is 0. The zero-order valence-electron chi connectivity index (χ0n) is 16.9. The van der Waals surface area contributed by atoms with Gasteiger partial charge in [-0.25, -0.2) is 0 Å². The molecule has 1 atom stereocenters. The molecule has 150 valence electrons. The largest absolute Gasteiger partial charge is 0.396 e. The van der Waals surface area contributed by atoms with Gasteiger partial charge in [0, 0.05) is 44.9 Å². The molecule has 0 aromatic carbocycles. The zero-order chi connectivity index (χ0) is 17.9. The Morgan fingerprint density at radius 1 is 1.20 bits per heavy atom. The molecule has 1 aliphatic carbocycles. The SMILES string of the molecule is CCNC(=NCC(CCO)CC(C)C)NCCN(C(C)C)C1CC1.I. The molecular formula is C19H41IN4O. The molecule has 1 fully saturated rings. The monoisotopic (exact) mass is 468 g/mol. The Kier molecular flexibility index (Phi) is 14.0. The summed E-state index contributed by atoms with van der Waals surface area (Å²) in [6.07, 6.45) is 4.66. The van der Waals surface area contributed by atoms with Gasteiger partial charge in [0.15, 0.2) is 5.96 Å². The lowest BCUT2D eigenvalue weighted by molar-refractivity contribution is 0.215. The zero-order valence-corrected chi connectivity index (χ0v) is 19.3. The molecule has 0 amide bonds. The number of guanidine groups is 1. The lowest BCUT2D eigenvalue weighted by atomic mass is 9.94. The van der Waals surface area contributed by atoms with Gasteiger partial charge in [-0.3, -0.25) is 9.89 Å². The van der Waals surface area contributed by atoms with Gasteiger partial charge in [0.05, 0.1) is 0 Å². The molecule has 0 aliphatic heterocycles. The van der Waals surface area contributed by atoms with Crippen molar-refractivity contribution in [1.29, 1.82) is 0 Å². The molecule has 1 saturated carbocycles. The Morgan fingerprint density at radius 2 is 1.88 bits per heavy atom. The quantitative estimate of drug-likeness (QED) is 0.234. The summed E-state index contributed by atoms with van der Waals surface area (Å²) in [5.74, 6) is 2.01. The fourth-order valence-electron chi connectivity index (χ4n) is 3.27. The van der Waals surface area contributed by atoms with Gasteiger partial charge in [-0.05, 0) is 58.3 Å². The highest BCUT2D eigenvalue weighted by atomic mass is 127. The van der Waals surface area contributed by atoms with Crippen LogP contribution in [0.3, 0.4) is 0 Å². The maximum Gasteiger partial charge on any atom is 0.191 e. The van der Waals surface area contributed by atoms with Gasteiger partial charge in [-0.2, -0.15) is 0 Å². The first-order chi connectivity index (χ1) is 11.5. The number of hydrogen-bond donors (Lipinski definition) is 3. The van der Waals surface area contributed by atoms with Crippen molar-refractivity contribution in [1.82, 2.24) is 15.5 Å². The van der Waals surface area contributed by atoms with Gasteiger partial charge in [0.25, 0.3) is 0 Å². The van der Waals surface area contributed by atoms with Crippen molar-refractivity contribution < 1.29 is 5.11 Å². The van der Waals surface area contributed by atoms with Gasteiger partial charge in [0.1, 0.15) is 0 Å². The third kappa shape index (κ3) is 11.3. The van der Waals surface area contributed by atoms with Crippen LogP contribution in [-0.2, 0) is 0 Å². The Morgan fingerprint density at radius 3 is 2.36 bits per heavy atom. The molecule has 0 heterocycles. The molecule has 5 nitrogen and oxygen atoms in total. The maximum atomic E-state index is 9.25. The van der Waals surface area contributed by atoms with Crippen molar-refractivity contribution in [2.45, 2.75) is 72.4 Å². The van der Waals surface area contributed by atoms with Crippen molar-refractivity contribution in [2.75, 3.05) is 32.8 Å². The molecule has 25 heavy (non-hydrogen) atoms. The summed E-state index contributed by atoms with van der Waals surface area (Å²) in [6, 6.07) is 1.41. The van der Waals surface area contributed by atoms with Crippen LogP contribution in [-0.4, -0.2) is 60.8 Å². The minimum Gasteiger partial charge on any atom is -0.396 e. The van der Waals surface area contributed by atoms with E-state index in [1.165, 1.54) is 12.8 Å².